The Morgan fingerprint density at radius 1 is 1.15 bits per heavy atom. The van der Waals surface area contributed by atoms with Crippen molar-refractivity contribution in [1.29, 1.82) is 0 Å². The van der Waals surface area contributed by atoms with Crippen molar-refractivity contribution in [2.75, 3.05) is 0 Å². The van der Waals surface area contributed by atoms with Gasteiger partial charge in [0.15, 0.2) is 0 Å². The van der Waals surface area contributed by atoms with Gasteiger partial charge in [-0.3, -0.25) is 0 Å². The third-order valence-corrected chi connectivity index (χ3v) is 3.33. The molecule has 0 saturated heterocycles. The van der Waals surface area contributed by atoms with Crippen LogP contribution in [0.1, 0.15) is 19.4 Å². The van der Waals surface area contributed by atoms with Gasteiger partial charge in [0.1, 0.15) is 0 Å². The Bertz CT molecular complexity index is 292. The number of benzene rings is 1. The Morgan fingerprint density at radius 2 is 1.85 bits per heavy atom. The molecule has 13 heavy (non-hydrogen) atoms. The van der Waals surface area contributed by atoms with Crippen LogP contribution in [0.25, 0.3) is 6.08 Å². The molecule has 0 aliphatic rings. The van der Waals surface area contributed by atoms with E-state index in [-0.39, 0.29) is 9.52 Å². The highest BCUT2D eigenvalue weighted by molar-refractivity contribution is 6.49. The van der Waals surface area contributed by atoms with Crippen LogP contribution in [-0.2, 0) is 0 Å². The molecule has 1 heteroatoms. The molecule has 0 aliphatic carbocycles. The quantitative estimate of drug-likeness (QED) is 0.640. The first-order valence-electron chi connectivity index (χ1n) is 4.64. The van der Waals surface area contributed by atoms with E-state index in [0.29, 0.717) is 0 Å². The molecule has 68 valence electrons. The van der Waals surface area contributed by atoms with Crippen LogP contribution in [0, 0.1) is 0 Å². The minimum Gasteiger partial charge on any atom is -0.0982 e. The van der Waals surface area contributed by atoms with Crippen LogP contribution in [0.15, 0.2) is 47.3 Å². The lowest BCUT2D eigenvalue weighted by Gasteiger charge is -1.90. The summed E-state index contributed by atoms with van der Waals surface area (Å²) in [5, 5.41) is 0. The van der Waals surface area contributed by atoms with E-state index in [0.717, 1.165) is 0 Å². The summed E-state index contributed by atoms with van der Waals surface area (Å²) in [6, 6.07) is 10.5. The first kappa shape index (κ1) is 10.0. The van der Waals surface area contributed by atoms with Gasteiger partial charge in [-0.05, 0) is 19.4 Å². The third kappa shape index (κ3) is 4.48. The van der Waals surface area contributed by atoms with Gasteiger partial charge in [0, 0.05) is 0 Å². The molecule has 1 aromatic carbocycles. The number of hydrogen-bond donors (Lipinski definition) is 0. The first-order valence-corrected chi connectivity index (χ1v) is 6.27. The molecule has 0 radical (unpaired) electrons. The fraction of sp³-hybridized carbons (Fsp3) is 0.167. The van der Waals surface area contributed by atoms with Crippen molar-refractivity contribution in [1.82, 2.24) is 0 Å². The molecule has 0 amide bonds. The van der Waals surface area contributed by atoms with Crippen LogP contribution in [0.2, 0.25) is 0 Å². The van der Waals surface area contributed by atoms with Crippen LogP contribution in [0.3, 0.4) is 0 Å². The minimum absolute atomic E-state index is 0.123. The molecule has 0 aromatic heterocycles. The largest absolute Gasteiger partial charge is 0.0982 e. The second-order valence-electron chi connectivity index (χ2n) is 3.33. The zero-order valence-corrected chi connectivity index (χ0v) is 9.74. The number of hydrogen-bond acceptors (Lipinski definition) is 0. The van der Waals surface area contributed by atoms with Crippen LogP contribution in [0.5, 0.6) is 0 Å². The van der Waals surface area contributed by atoms with Crippen molar-refractivity contribution in [3.8, 4) is 0 Å². The molecule has 0 bridgehead atoms. The van der Waals surface area contributed by atoms with E-state index >= 15 is 0 Å². The third-order valence-electron chi connectivity index (χ3n) is 1.77. The maximum Gasteiger partial charge on any atom is 0.0691 e. The van der Waals surface area contributed by atoms with E-state index in [1.807, 2.05) is 6.07 Å². The van der Waals surface area contributed by atoms with E-state index in [1.54, 1.807) is 0 Å². The summed E-state index contributed by atoms with van der Waals surface area (Å²) in [6.07, 6.45) is 2.21. The lowest BCUT2D eigenvalue weighted by atomic mass is 10.2. The van der Waals surface area contributed by atoms with Crippen molar-refractivity contribution >= 4 is 15.6 Å². The van der Waals surface area contributed by atoms with Gasteiger partial charge in [-0.2, -0.15) is 0 Å². The average Bonchev–Trinajstić information content (AvgIpc) is 2.14. The smallest absolute Gasteiger partial charge is 0.0691 e. The normalized spacial score (nSPS) is 11.2. The topological polar surface area (TPSA) is 0 Å². The molecule has 0 aliphatic heterocycles. The second-order valence-corrected chi connectivity index (χ2v) is 4.68. The van der Waals surface area contributed by atoms with Crippen molar-refractivity contribution < 1.29 is 0 Å². The highest BCUT2D eigenvalue weighted by atomic mass is 28.2. The maximum atomic E-state index is 2.36. The van der Waals surface area contributed by atoms with Gasteiger partial charge in [0.05, 0.1) is 9.52 Å². The van der Waals surface area contributed by atoms with Crippen LogP contribution < -0.4 is 0 Å². The Morgan fingerprint density at radius 3 is 2.46 bits per heavy atom. The van der Waals surface area contributed by atoms with E-state index in [4.69, 9.17) is 0 Å². The van der Waals surface area contributed by atoms with Crippen molar-refractivity contribution in [2.45, 2.75) is 13.8 Å². The van der Waals surface area contributed by atoms with Gasteiger partial charge in [-0.15, -0.1) is 0 Å². The number of allylic oxidation sites excluding steroid dienone is 1. The molecule has 0 nitrogen and oxygen atoms in total. The monoisotopic (exact) mass is 188 g/mol. The first-order chi connectivity index (χ1) is 6.29. The van der Waals surface area contributed by atoms with E-state index in [1.165, 1.54) is 11.1 Å². The summed E-state index contributed by atoms with van der Waals surface area (Å²) in [6.45, 7) is 4.31. The van der Waals surface area contributed by atoms with Crippen LogP contribution in [0.4, 0.5) is 0 Å². The van der Waals surface area contributed by atoms with Crippen LogP contribution >= 0.6 is 0 Å². The fourth-order valence-corrected chi connectivity index (χ4v) is 2.09. The zero-order chi connectivity index (χ0) is 9.52. The standard InChI is InChI=1S/C12H16Si/c1-11(2)10-13-9-8-12-6-4-3-5-7-12/h3-10H,13H2,1-2H3. The van der Waals surface area contributed by atoms with Gasteiger partial charge in [0.25, 0.3) is 0 Å². The predicted octanol–water partition coefficient (Wildman–Crippen LogP) is 2.75. The minimum atomic E-state index is -0.123. The Kier molecular flexibility index (Phi) is 4.26. The van der Waals surface area contributed by atoms with E-state index < -0.39 is 0 Å². The summed E-state index contributed by atoms with van der Waals surface area (Å²) < 4.78 is 0. The highest BCUT2D eigenvalue weighted by Gasteiger charge is 1.81. The number of rotatable bonds is 3. The van der Waals surface area contributed by atoms with Gasteiger partial charge < -0.3 is 0 Å². The molecule has 0 saturated carbocycles. The summed E-state index contributed by atoms with van der Waals surface area (Å²) in [7, 11) is -0.123. The predicted molar refractivity (Wildman–Crippen MR) is 63.5 cm³/mol. The molecule has 0 atom stereocenters. The van der Waals surface area contributed by atoms with Gasteiger partial charge in [-0.1, -0.05) is 53.4 Å². The molecule has 0 fully saturated rings. The molecule has 0 N–H and O–H groups in total. The lowest BCUT2D eigenvalue weighted by Crippen LogP contribution is -1.79. The van der Waals surface area contributed by atoms with Crippen molar-refractivity contribution in [3.63, 3.8) is 0 Å². The van der Waals surface area contributed by atoms with Crippen LogP contribution in [-0.4, -0.2) is 9.52 Å². The van der Waals surface area contributed by atoms with Gasteiger partial charge in [-0.25, -0.2) is 0 Å². The molecule has 1 rings (SSSR count). The molecule has 0 spiro atoms. The van der Waals surface area contributed by atoms with E-state index in [2.05, 4.69) is 55.6 Å². The summed E-state index contributed by atoms with van der Waals surface area (Å²) >= 11 is 0. The molecular formula is C12H16Si. The van der Waals surface area contributed by atoms with Gasteiger partial charge >= 0.3 is 0 Å². The average molecular weight is 188 g/mol. The molecule has 1 aromatic rings. The highest BCUT2D eigenvalue weighted by Crippen LogP contribution is 2.00. The molecule has 0 unspecified atom stereocenters. The Balaban J connectivity index is 2.46. The van der Waals surface area contributed by atoms with Crippen molar-refractivity contribution in [3.05, 3.63) is 52.9 Å². The summed E-state index contributed by atoms with van der Waals surface area (Å²) in [5.74, 6) is 0. The fourth-order valence-electron chi connectivity index (χ4n) is 1.07. The SMILES string of the molecule is CC(C)=C[SiH2]C=Cc1ccccc1. The van der Waals surface area contributed by atoms with Gasteiger partial charge in [0.2, 0.25) is 0 Å². The second kappa shape index (κ2) is 5.54. The maximum absolute atomic E-state index is 2.36. The Hall–Kier alpha value is -1.08. The van der Waals surface area contributed by atoms with E-state index in [9.17, 15) is 0 Å². The molecular weight excluding hydrogens is 172 g/mol. The van der Waals surface area contributed by atoms with Crippen molar-refractivity contribution in [2.24, 2.45) is 0 Å². The molecule has 0 heterocycles. The Labute approximate surface area is 82.8 Å². The zero-order valence-electron chi connectivity index (χ0n) is 8.33. The lowest BCUT2D eigenvalue weighted by molar-refractivity contribution is 1.41. The summed E-state index contributed by atoms with van der Waals surface area (Å²) in [5.41, 5.74) is 7.42. The summed E-state index contributed by atoms with van der Waals surface area (Å²) in [4.78, 5) is 0.